The molecule has 0 amide bonds. The van der Waals surface area contributed by atoms with Crippen molar-refractivity contribution in [3.05, 3.63) is 0 Å². The average molecular weight is 409 g/mol. The maximum Gasteiger partial charge on any atom is 0.192 e. The Hall–Kier alpha value is -0.153. The third-order valence-electron chi connectivity index (χ3n) is 9.07. The third kappa shape index (κ3) is 4.77. The van der Waals surface area contributed by atoms with Crippen molar-refractivity contribution in [2.75, 3.05) is 0 Å². The normalized spacial score (nSPS) is 33.3. The van der Waals surface area contributed by atoms with E-state index in [-0.39, 0.29) is 5.04 Å². The molecule has 3 fully saturated rings. The summed E-state index contributed by atoms with van der Waals surface area (Å²) in [7, 11) is -1.75. The van der Waals surface area contributed by atoms with Crippen LogP contribution in [-0.4, -0.2) is 20.2 Å². The van der Waals surface area contributed by atoms with Crippen LogP contribution in [0.2, 0.25) is 18.1 Å². The van der Waals surface area contributed by atoms with Crippen LogP contribution < -0.4 is 0 Å². The highest BCUT2D eigenvalue weighted by Gasteiger charge is 2.63. The molecule has 3 aliphatic carbocycles. The largest absolute Gasteiger partial charge is 0.414 e. The lowest BCUT2D eigenvalue weighted by Crippen LogP contribution is -2.64. The van der Waals surface area contributed by atoms with Crippen molar-refractivity contribution < 1.29 is 9.22 Å². The molecule has 3 aliphatic rings. The number of rotatable bonds is 9. The van der Waals surface area contributed by atoms with Gasteiger partial charge in [0.2, 0.25) is 0 Å². The maximum atomic E-state index is 11.7. The van der Waals surface area contributed by atoms with E-state index < -0.39 is 8.32 Å². The average Bonchev–Trinajstić information content (AvgIpc) is 2.55. The molecular weight excluding hydrogens is 360 g/mol. The highest BCUT2D eigenvalue weighted by atomic mass is 28.4. The van der Waals surface area contributed by atoms with E-state index in [1.165, 1.54) is 25.7 Å². The Morgan fingerprint density at radius 1 is 1.18 bits per heavy atom. The number of fused-ring (bicyclic) bond motifs is 2. The summed E-state index contributed by atoms with van der Waals surface area (Å²) in [6.07, 6.45) is 8.07. The minimum atomic E-state index is -1.75. The van der Waals surface area contributed by atoms with Crippen molar-refractivity contribution in [2.45, 2.75) is 125 Å². The molecule has 0 radical (unpaired) electrons. The highest BCUT2D eigenvalue weighted by molar-refractivity contribution is 6.74. The first-order valence-electron chi connectivity index (χ1n) is 11.8. The van der Waals surface area contributed by atoms with Crippen molar-refractivity contribution in [3.63, 3.8) is 0 Å². The van der Waals surface area contributed by atoms with E-state index >= 15 is 0 Å². The lowest BCUT2D eigenvalue weighted by Gasteiger charge is -2.68. The smallest absolute Gasteiger partial charge is 0.192 e. The minimum Gasteiger partial charge on any atom is -0.414 e. The summed E-state index contributed by atoms with van der Waals surface area (Å²) in [5, 5.41) is 0.272. The highest BCUT2D eigenvalue weighted by Crippen LogP contribution is 2.68. The van der Waals surface area contributed by atoms with Gasteiger partial charge in [-0.1, -0.05) is 61.8 Å². The Balaban J connectivity index is 2.05. The minimum absolute atomic E-state index is 0.272. The fraction of sp³-hybridized carbons (Fsp3) is 0.960. The zero-order valence-corrected chi connectivity index (χ0v) is 21.6. The van der Waals surface area contributed by atoms with Crippen LogP contribution in [0.1, 0.15) is 100 Å². The van der Waals surface area contributed by atoms with Crippen molar-refractivity contribution in [3.8, 4) is 0 Å². The van der Waals surface area contributed by atoms with Gasteiger partial charge < -0.3 is 4.43 Å². The zero-order chi connectivity index (χ0) is 21.5. The SMILES string of the molecule is CCC(=O)CC[C@H](C)CC[C@@]1(C)C[C@H](O[Si](C)(C)C(C)(C)C)[C@H]2C[C@@H]1C2(C)C. The van der Waals surface area contributed by atoms with Gasteiger partial charge in [0.15, 0.2) is 8.32 Å². The molecule has 3 saturated carbocycles. The predicted molar refractivity (Wildman–Crippen MR) is 123 cm³/mol. The molecule has 0 spiro atoms. The molecular formula is C25H48O2Si. The van der Waals surface area contributed by atoms with E-state index in [4.69, 9.17) is 4.43 Å². The zero-order valence-electron chi connectivity index (χ0n) is 20.6. The third-order valence-corrected chi connectivity index (χ3v) is 13.6. The van der Waals surface area contributed by atoms with Crippen LogP contribution in [0.4, 0.5) is 0 Å². The molecule has 3 rings (SSSR count). The Kier molecular flexibility index (Phi) is 7.04. The van der Waals surface area contributed by atoms with Gasteiger partial charge >= 0.3 is 0 Å². The van der Waals surface area contributed by atoms with Crippen LogP contribution in [0.25, 0.3) is 0 Å². The first kappa shape index (κ1) is 24.1. The number of carbonyl (C=O) groups excluding carboxylic acids is 1. The van der Waals surface area contributed by atoms with E-state index in [0.717, 1.165) is 24.7 Å². The summed E-state index contributed by atoms with van der Waals surface area (Å²) in [4.78, 5) is 11.7. The van der Waals surface area contributed by atoms with Gasteiger partial charge in [0, 0.05) is 18.9 Å². The van der Waals surface area contributed by atoms with Gasteiger partial charge in [-0.05, 0) is 72.4 Å². The van der Waals surface area contributed by atoms with Crippen LogP contribution in [0.3, 0.4) is 0 Å². The van der Waals surface area contributed by atoms with Gasteiger partial charge in [-0.25, -0.2) is 0 Å². The van der Waals surface area contributed by atoms with Gasteiger partial charge in [0.1, 0.15) is 5.78 Å². The first-order valence-corrected chi connectivity index (χ1v) is 14.7. The summed E-state index contributed by atoms with van der Waals surface area (Å²) in [5.74, 6) is 2.63. The first-order chi connectivity index (χ1) is 12.6. The number of carbonyl (C=O) groups is 1. The van der Waals surface area contributed by atoms with E-state index in [1.807, 2.05) is 6.92 Å². The maximum absolute atomic E-state index is 11.7. The molecule has 0 N–H and O–H groups in total. The van der Waals surface area contributed by atoms with E-state index in [0.29, 0.717) is 35.1 Å². The Labute approximate surface area is 176 Å². The van der Waals surface area contributed by atoms with Gasteiger partial charge in [-0.3, -0.25) is 4.79 Å². The number of hydrogen-bond acceptors (Lipinski definition) is 2. The molecule has 3 heteroatoms. The monoisotopic (exact) mass is 408 g/mol. The predicted octanol–water partition coefficient (Wildman–Crippen LogP) is 7.62. The number of ketones is 1. The standard InChI is InChI=1S/C25H48O2Si/c1-11-19(26)13-12-18(2)14-15-25(8)17-21(20-16-22(25)24(20,6)7)27-28(9,10)23(3,4)5/h18,20-22H,11-17H2,1-10H3/t18-,20+,21-,22+,25-/m0/s1. The number of Topliss-reactive ketones (excluding diaryl/α,β-unsaturated/α-hetero) is 1. The fourth-order valence-corrected chi connectivity index (χ4v) is 7.13. The lowest BCUT2D eigenvalue weighted by atomic mass is 9.39. The molecule has 2 bridgehead atoms. The molecule has 0 unspecified atom stereocenters. The molecule has 5 atom stereocenters. The van der Waals surface area contributed by atoms with Crippen LogP contribution in [0.15, 0.2) is 0 Å². The Morgan fingerprint density at radius 2 is 1.79 bits per heavy atom. The molecule has 0 aromatic carbocycles. The molecule has 0 aromatic rings. The van der Waals surface area contributed by atoms with Gasteiger partial charge in [-0.15, -0.1) is 0 Å². The summed E-state index contributed by atoms with van der Waals surface area (Å²) in [6.45, 7) is 23.7. The van der Waals surface area contributed by atoms with Crippen LogP contribution in [0, 0.1) is 28.6 Å². The molecule has 164 valence electrons. The van der Waals surface area contributed by atoms with Gasteiger partial charge in [0.05, 0.1) is 0 Å². The second-order valence-electron chi connectivity index (χ2n) is 12.6. The molecule has 2 nitrogen and oxygen atoms in total. The molecule has 0 aliphatic heterocycles. The van der Waals surface area contributed by atoms with Crippen LogP contribution in [-0.2, 0) is 9.22 Å². The second kappa shape index (κ2) is 8.17. The molecule has 0 heterocycles. The lowest BCUT2D eigenvalue weighted by molar-refractivity contribution is -0.205. The molecule has 0 saturated heterocycles. The summed E-state index contributed by atoms with van der Waals surface area (Å²) in [6, 6.07) is 0. The fourth-order valence-electron chi connectivity index (χ4n) is 5.78. The molecule has 0 aromatic heterocycles. The van der Waals surface area contributed by atoms with Gasteiger partial charge in [0.25, 0.3) is 0 Å². The van der Waals surface area contributed by atoms with Crippen molar-refractivity contribution in [1.29, 1.82) is 0 Å². The Morgan fingerprint density at radius 3 is 2.29 bits per heavy atom. The van der Waals surface area contributed by atoms with E-state index in [9.17, 15) is 4.79 Å². The number of hydrogen-bond donors (Lipinski definition) is 0. The molecule has 28 heavy (non-hydrogen) atoms. The van der Waals surface area contributed by atoms with Gasteiger partial charge in [-0.2, -0.15) is 0 Å². The second-order valence-corrected chi connectivity index (χ2v) is 17.3. The Bertz CT molecular complexity index is 559. The van der Waals surface area contributed by atoms with Crippen molar-refractivity contribution >= 4 is 14.1 Å². The van der Waals surface area contributed by atoms with Crippen LogP contribution in [0.5, 0.6) is 0 Å². The summed E-state index contributed by atoms with van der Waals surface area (Å²) in [5.41, 5.74) is 0.787. The topological polar surface area (TPSA) is 26.3 Å². The summed E-state index contributed by atoms with van der Waals surface area (Å²) < 4.78 is 7.02. The van der Waals surface area contributed by atoms with Crippen LogP contribution >= 0.6 is 0 Å². The van der Waals surface area contributed by atoms with Crippen molar-refractivity contribution in [2.24, 2.45) is 28.6 Å². The quantitative estimate of drug-likeness (QED) is 0.367. The van der Waals surface area contributed by atoms with Crippen molar-refractivity contribution in [1.82, 2.24) is 0 Å². The van der Waals surface area contributed by atoms with E-state index in [2.05, 4.69) is 61.6 Å². The summed E-state index contributed by atoms with van der Waals surface area (Å²) >= 11 is 0. The van der Waals surface area contributed by atoms with E-state index in [1.54, 1.807) is 0 Å².